The third-order valence-corrected chi connectivity index (χ3v) is 5.64. The zero-order chi connectivity index (χ0) is 19.2. The Kier molecular flexibility index (Phi) is 6.25. The van der Waals surface area contributed by atoms with Gasteiger partial charge < -0.3 is 14.4 Å². The molecule has 27 heavy (non-hydrogen) atoms. The summed E-state index contributed by atoms with van der Waals surface area (Å²) in [5.41, 5.74) is 4.10. The number of nitriles is 1. The smallest absolute Gasteiger partial charge is 0.232 e. The van der Waals surface area contributed by atoms with E-state index in [1.807, 2.05) is 29.2 Å². The van der Waals surface area contributed by atoms with E-state index in [4.69, 9.17) is 14.7 Å². The van der Waals surface area contributed by atoms with Crippen molar-refractivity contribution in [3.63, 3.8) is 0 Å². The number of benzene rings is 2. The van der Waals surface area contributed by atoms with Crippen molar-refractivity contribution in [2.45, 2.75) is 18.7 Å². The van der Waals surface area contributed by atoms with Gasteiger partial charge in [0, 0.05) is 18.8 Å². The number of hydrogen-bond donors (Lipinski definition) is 0. The minimum Gasteiger partial charge on any atom is -0.493 e. The van der Waals surface area contributed by atoms with Crippen molar-refractivity contribution >= 4 is 17.7 Å². The van der Waals surface area contributed by atoms with Gasteiger partial charge in [-0.3, -0.25) is 4.79 Å². The molecule has 6 heteroatoms. The third kappa shape index (κ3) is 4.55. The number of carbonyl (C=O) groups excluding carboxylic acids is 1. The number of amides is 1. The highest BCUT2D eigenvalue weighted by molar-refractivity contribution is 7.99. The molecule has 0 aromatic heterocycles. The molecule has 0 fully saturated rings. The van der Waals surface area contributed by atoms with Gasteiger partial charge in [0.25, 0.3) is 0 Å². The van der Waals surface area contributed by atoms with E-state index in [2.05, 4.69) is 6.07 Å². The van der Waals surface area contributed by atoms with Gasteiger partial charge in [-0.1, -0.05) is 12.1 Å². The Balaban J connectivity index is 1.56. The van der Waals surface area contributed by atoms with Gasteiger partial charge in [0.05, 0.1) is 31.6 Å². The molecule has 2 aromatic rings. The highest BCUT2D eigenvalue weighted by Gasteiger charge is 2.22. The molecule has 1 amide bonds. The first kappa shape index (κ1) is 19.1. The van der Waals surface area contributed by atoms with Gasteiger partial charge in [-0.15, -0.1) is 11.8 Å². The van der Waals surface area contributed by atoms with Gasteiger partial charge in [-0.25, -0.2) is 0 Å². The van der Waals surface area contributed by atoms with Crippen LogP contribution in [0, 0.1) is 11.3 Å². The van der Waals surface area contributed by atoms with Crippen LogP contribution in [0.5, 0.6) is 11.5 Å². The molecule has 0 unspecified atom stereocenters. The van der Waals surface area contributed by atoms with Gasteiger partial charge in [0.15, 0.2) is 11.5 Å². The van der Waals surface area contributed by atoms with Gasteiger partial charge >= 0.3 is 0 Å². The molecular weight excluding hydrogens is 360 g/mol. The van der Waals surface area contributed by atoms with E-state index < -0.39 is 0 Å². The molecule has 0 spiro atoms. The quantitative estimate of drug-likeness (QED) is 0.766. The fourth-order valence-corrected chi connectivity index (χ4v) is 4.01. The lowest BCUT2D eigenvalue weighted by Crippen LogP contribution is -2.37. The predicted octanol–water partition coefficient (Wildman–Crippen LogP) is 3.39. The molecule has 0 aliphatic carbocycles. The molecule has 1 heterocycles. The normalized spacial score (nSPS) is 12.9. The molecule has 0 radical (unpaired) electrons. The fourth-order valence-electron chi connectivity index (χ4n) is 3.12. The minimum atomic E-state index is 0.147. The fraction of sp³-hybridized carbons (Fsp3) is 0.333. The van der Waals surface area contributed by atoms with E-state index in [0.717, 1.165) is 35.6 Å². The second kappa shape index (κ2) is 8.83. The summed E-state index contributed by atoms with van der Waals surface area (Å²) in [4.78, 5) is 14.5. The second-order valence-electron chi connectivity index (χ2n) is 6.34. The van der Waals surface area contributed by atoms with E-state index in [1.165, 1.54) is 5.56 Å². The van der Waals surface area contributed by atoms with Crippen LogP contribution in [0.15, 0.2) is 36.4 Å². The van der Waals surface area contributed by atoms with Crippen LogP contribution in [-0.2, 0) is 23.5 Å². The molecule has 0 N–H and O–H groups in total. The van der Waals surface area contributed by atoms with Gasteiger partial charge in [0.2, 0.25) is 5.91 Å². The zero-order valence-electron chi connectivity index (χ0n) is 15.5. The van der Waals surface area contributed by atoms with Crippen molar-refractivity contribution in [2.24, 2.45) is 0 Å². The Bertz CT molecular complexity index is 859. The van der Waals surface area contributed by atoms with Crippen LogP contribution >= 0.6 is 11.8 Å². The van der Waals surface area contributed by atoms with E-state index >= 15 is 0 Å². The molecule has 1 aliphatic rings. The standard InChI is InChI=1S/C21H22N2O3S/c1-25-19-9-17-7-8-23(12-18(17)10-20(19)26-2)21(24)14-27-13-16-5-3-15(11-22)4-6-16/h3-6,9-10H,7-8,12-14H2,1-2H3. The van der Waals surface area contributed by atoms with E-state index in [0.29, 0.717) is 23.6 Å². The van der Waals surface area contributed by atoms with E-state index in [9.17, 15) is 4.79 Å². The van der Waals surface area contributed by atoms with Gasteiger partial charge in [0.1, 0.15) is 0 Å². The summed E-state index contributed by atoms with van der Waals surface area (Å²) < 4.78 is 10.7. The number of rotatable bonds is 6. The van der Waals surface area contributed by atoms with Crippen LogP contribution < -0.4 is 9.47 Å². The first-order valence-electron chi connectivity index (χ1n) is 8.73. The maximum atomic E-state index is 12.6. The topological polar surface area (TPSA) is 62.6 Å². The van der Waals surface area contributed by atoms with Crippen LogP contribution in [0.1, 0.15) is 22.3 Å². The number of methoxy groups -OCH3 is 2. The Hall–Kier alpha value is -2.65. The summed E-state index contributed by atoms with van der Waals surface area (Å²) in [5.74, 6) is 2.78. The second-order valence-corrected chi connectivity index (χ2v) is 7.33. The number of thioether (sulfide) groups is 1. The number of ether oxygens (including phenoxy) is 2. The van der Waals surface area contributed by atoms with Gasteiger partial charge in [-0.2, -0.15) is 5.26 Å². The molecule has 0 saturated carbocycles. The summed E-state index contributed by atoms with van der Waals surface area (Å²) in [5, 5.41) is 8.83. The van der Waals surface area contributed by atoms with Crippen LogP contribution in [0.25, 0.3) is 0 Å². The molecule has 1 aliphatic heterocycles. The maximum absolute atomic E-state index is 12.6. The molecular formula is C21H22N2O3S. The Morgan fingerprint density at radius 1 is 1.15 bits per heavy atom. The lowest BCUT2D eigenvalue weighted by molar-refractivity contribution is -0.129. The molecule has 3 rings (SSSR count). The van der Waals surface area contributed by atoms with E-state index in [-0.39, 0.29) is 5.91 Å². The van der Waals surface area contributed by atoms with Crippen molar-refractivity contribution in [2.75, 3.05) is 26.5 Å². The SMILES string of the molecule is COc1cc2c(cc1OC)CN(C(=O)CSCc1ccc(C#N)cc1)CC2. The van der Waals surface area contributed by atoms with Crippen molar-refractivity contribution < 1.29 is 14.3 Å². The number of hydrogen-bond acceptors (Lipinski definition) is 5. The van der Waals surface area contributed by atoms with Gasteiger partial charge in [-0.05, 0) is 47.4 Å². The first-order valence-corrected chi connectivity index (χ1v) is 9.88. The molecule has 2 aromatic carbocycles. The Labute approximate surface area is 163 Å². The van der Waals surface area contributed by atoms with Crippen molar-refractivity contribution in [3.05, 3.63) is 58.7 Å². The summed E-state index contributed by atoms with van der Waals surface area (Å²) >= 11 is 1.60. The van der Waals surface area contributed by atoms with Crippen LogP contribution in [0.3, 0.4) is 0 Å². The predicted molar refractivity (Wildman–Crippen MR) is 106 cm³/mol. The molecule has 0 atom stereocenters. The summed E-state index contributed by atoms with van der Waals surface area (Å²) in [6, 6.07) is 13.6. The minimum absolute atomic E-state index is 0.147. The Morgan fingerprint density at radius 3 is 2.44 bits per heavy atom. The molecule has 0 saturated heterocycles. The maximum Gasteiger partial charge on any atom is 0.232 e. The summed E-state index contributed by atoms with van der Waals surface area (Å²) in [7, 11) is 3.25. The molecule has 0 bridgehead atoms. The third-order valence-electron chi connectivity index (χ3n) is 4.65. The lowest BCUT2D eigenvalue weighted by Gasteiger charge is -2.29. The number of fused-ring (bicyclic) bond motifs is 1. The van der Waals surface area contributed by atoms with E-state index in [1.54, 1.807) is 38.1 Å². The largest absolute Gasteiger partial charge is 0.493 e. The van der Waals surface area contributed by atoms with Crippen LogP contribution in [0.4, 0.5) is 0 Å². The van der Waals surface area contributed by atoms with Crippen molar-refractivity contribution in [1.82, 2.24) is 4.90 Å². The monoisotopic (exact) mass is 382 g/mol. The van der Waals surface area contributed by atoms with Crippen molar-refractivity contribution in [1.29, 1.82) is 5.26 Å². The highest BCUT2D eigenvalue weighted by atomic mass is 32.2. The molecule has 5 nitrogen and oxygen atoms in total. The van der Waals surface area contributed by atoms with Crippen LogP contribution in [0.2, 0.25) is 0 Å². The number of nitrogens with zero attached hydrogens (tertiary/aromatic N) is 2. The number of carbonyl (C=O) groups is 1. The average molecular weight is 382 g/mol. The highest BCUT2D eigenvalue weighted by Crippen LogP contribution is 2.33. The zero-order valence-corrected chi connectivity index (χ0v) is 16.3. The Morgan fingerprint density at radius 2 is 1.81 bits per heavy atom. The summed E-state index contributed by atoms with van der Waals surface area (Å²) in [6.07, 6.45) is 0.821. The first-order chi connectivity index (χ1) is 13.1. The molecule has 140 valence electrons. The average Bonchev–Trinajstić information content (AvgIpc) is 2.72. The summed E-state index contributed by atoms with van der Waals surface area (Å²) in [6.45, 7) is 1.32. The lowest BCUT2D eigenvalue weighted by atomic mass is 9.99. The van der Waals surface area contributed by atoms with Crippen molar-refractivity contribution in [3.8, 4) is 17.6 Å². The van der Waals surface area contributed by atoms with Crippen LogP contribution in [-0.4, -0.2) is 37.3 Å².